The van der Waals surface area contributed by atoms with Crippen LogP contribution in [0.2, 0.25) is 0 Å². The lowest BCUT2D eigenvalue weighted by Gasteiger charge is -2.50. The van der Waals surface area contributed by atoms with Crippen molar-refractivity contribution in [2.45, 2.75) is 50.5 Å². The highest BCUT2D eigenvalue weighted by atomic mass is 16.3. The lowest BCUT2D eigenvalue weighted by molar-refractivity contribution is 0.00715. The zero-order chi connectivity index (χ0) is 13.2. The maximum Gasteiger partial charge on any atom is 0.0499 e. The Hall–Kier alpha value is -0.120. The molecule has 0 aromatic carbocycles. The summed E-state index contributed by atoms with van der Waals surface area (Å²) < 4.78 is 0. The van der Waals surface area contributed by atoms with Gasteiger partial charge in [-0.15, -0.1) is 0 Å². The first kappa shape index (κ1) is 14.3. The number of hydrogen-bond acceptors (Lipinski definition) is 3. The predicted octanol–water partition coefficient (Wildman–Crippen LogP) is 1.96. The molecule has 0 bridgehead atoms. The van der Waals surface area contributed by atoms with Crippen LogP contribution in [0.15, 0.2) is 0 Å². The molecule has 2 fully saturated rings. The Bertz CT molecular complexity index is 261. The Labute approximate surface area is 112 Å². The zero-order valence-corrected chi connectivity index (χ0v) is 12.4. The molecule has 106 valence electrons. The smallest absolute Gasteiger partial charge is 0.0499 e. The van der Waals surface area contributed by atoms with E-state index in [1.165, 1.54) is 44.9 Å². The number of aliphatic hydroxyl groups is 1. The Morgan fingerprint density at radius 1 is 0.889 bits per heavy atom. The molecule has 2 aliphatic carbocycles. The van der Waals surface area contributed by atoms with E-state index < -0.39 is 0 Å². The van der Waals surface area contributed by atoms with Gasteiger partial charge in [0.05, 0.1) is 0 Å². The summed E-state index contributed by atoms with van der Waals surface area (Å²) >= 11 is 0. The molecule has 3 nitrogen and oxygen atoms in total. The minimum absolute atomic E-state index is 0.200. The molecule has 0 spiro atoms. The monoisotopic (exact) mass is 254 g/mol. The molecular weight excluding hydrogens is 224 g/mol. The second-order valence-corrected chi connectivity index (χ2v) is 7.01. The van der Waals surface area contributed by atoms with Crippen molar-refractivity contribution in [1.29, 1.82) is 0 Å². The molecule has 0 aromatic rings. The first-order valence-corrected chi connectivity index (χ1v) is 7.49. The van der Waals surface area contributed by atoms with Crippen molar-refractivity contribution in [3.63, 3.8) is 0 Å². The van der Waals surface area contributed by atoms with E-state index in [0.717, 1.165) is 13.1 Å². The maximum atomic E-state index is 9.71. The largest absolute Gasteiger partial charge is 0.396 e. The summed E-state index contributed by atoms with van der Waals surface area (Å²) in [6.45, 7) is 2.59. The van der Waals surface area contributed by atoms with Crippen LogP contribution >= 0.6 is 0 Å². The first-order chi connectivity index (χ1) is 8.52. The van der Waals surface area contributed by atoms with Gasteiger partial charge in [-0.1, -0.05) is 12.8 Å². The van der Waals surface area contributed by atoms with Gasteiger partial charge in [0.15, 0.2) is 0 Å². The van der Waals surface area contributed by atoms with Crippen molar-refractivity contribution >= 4 is 0 Å². The fraction of sp³-hybridized carbons (Fsp3) is 1.00. The topological polar surface area (TPSA) is 26.7 Å². The lowest BCUT2D eigenvalue weighted by atomic mass is 9.75. The van der Waals surface area contributed by atoms with Crippen molar-refractivity contribution in [2.75, 3.05) is 40.8 Å². The van der Waals surface area contributed by atoms with Gasteiger partial charge in [0.2, 0.25) is 0 Å². The van der Waals surface area contributed by atoms with Crippen LogP contribution in [0.25, 0.3) is 0 Å². The number of nitrogens with zero attached hydrogens (tertiary/aromatic N) is 2. The normalized spacial score (nSPS) is 25.7. The highest BCUT2D eigenvalue weighted by Gasteiger charge is 2.41. The fourth-order valence-electron chi connectivity index (χ4n) is 3.95. The minimum Gasteiger partial charge on any atom is -0.396 e. The first-order valence-electron chi connectivity index (χ1n) is 7.49. The molecule has 2 rings (SSSR count). The molecule has 2 saturated carbocycles. The summed E-state index contributed by atoms with van der Waals surface area (Å²) in [6.07, 6.45) is 9.05. The van der Waals surface area contributed by atoms with Gasteiger partial charge in [0, 0.05) is 30.7 Å². The van der Waals surface area contributed by atoms with Crippen molar-refractivity contribution in [3.05, 3.63) is 0 Å². The van der Waals surface area contributed by atoms with Crippen LogP contribution < -0.4 is 0 Å². The van der Waals surface area contributed by atoms with E-state index in [9.17, 15) is 5.11 Å². The third-order valence-corrected chi connectivity index (χ3v) is 5.40. The van der Waals surface area contributed by atoms with Crippen LogP contribution in [0.5, 0.6) is 0 Å². The Morgan fingerprint density at radius 2 is 1.50 bits per heavy atom. The van der Waals surface area contributed by atoms with Crippen LogP contribution in [0, 0.1) is 5.41 Å². The van der Waals surface area contributed by atoms with Gasteiger partial charge >= 0.3 is 0 Å². The van der Waals surface area contributed by atoms with E-state index in [4.69, 9.17) is 0 Å². The van der Waals surface area contributed by atoms with Crippen LogP contribution in [0.1, 0.15) is 44.9 Å². The molecule has 0 radical (unpaired) electrons. The molecule has 0 saturated heterocycles. The average Bonchev–Trinajstić information content (AvgIpc) is 2.72. The van der Waals surface area contributed by atoms with E-state index >= 15 is 0 Å². The Morgan fingerprint density at radius 3 is 1.89 bits per heavy atom. The van der Waals surface area contributed by atoms with Crippen LogP contribution in [0.3, 0.4) is 0 Å². The molecule has 3 heteroatoms. The summed E-state index contributed by atoms with van der Waals surface area (Å²) in [4.78, 5) is 4.88. The molecule has 1 N–H and O–H groups in total. The highest BCUT2D eigenvalue weighted by molar-refractivity contribution is 4.99. The third kappa shape index (κ3) is 2.73. The summed E-state index contributed by atoms with van der Waals surface area (Å²) in [7, 11) is 6.66. The highest BCUT2D eigenvalue weighted by Crippen LogP contribution is 2.40. The fourth-order valence-corrected chi connectivity index (χ4v) is 3.95. The van der Waals surface area contributed by atoms with Gasteiger partial charge in [-0.3, -0.25) is 0 Å². The van der Waals surface area contributed by atoms with Gasteiger partial charge in [-0.05, 0) is 53.2 Å². The number of likely N-dealkylation sites (N-methyl/N-ethyl adjacent to an activating group) is 2. The SMILES string of the molecule is CN(CC1(CO)CCCC1)CC1(N(C)C)CCC1. The molecule has 2 aliphatic rings. The van der Waals surface area contributed by atoms with Crippen molar-refractivity contribution in [2.24, 2.45) is 5.41 Å². The molecule has 18 heavy (non-hydrogen) atoms. The molecule has 0 unspecified atom stereocenters. The second kappa shape index (κ2) is 5.48. The Balaban J connectivity index is 1.89. The number of hydrogen-bond donors (Lipinski definition) is 1. The standard InChI is InChI=1S/C15H30N2O/c1-16(2)15(9-6-10-15)12-17(3)11-14(13-18)7-4-5-8-14/h18H,4-13H2,1-3H3. The van der Waals surface area contributed by atoms with Gasteiger partial charge in [-0.2, -0.15) is 0 Å². The summed E-state index contributed by atoms with van der Waals surface area (Å²) in [5, 5.41) is 9.71. The lowest BCUT2D eigenvalue weighted by Crippen LogP contribution is -2.57. The van der Waals surface area contributed by atoms with Crippen molar-refractivity contribution < 1.29 is 5.11 Å². The van der Waals surface area contributed by atoms with E-state index in [2.05, 4.69) is 30.9 Å². The quantitative estimate of drug-likeness (QED) is 0.785. The Kier molecular flexibility index (Phi) is 4.35. The molecule has 0 aliphatic heterocycles. The number of aliphatic hydroxyl groups excluding tert-OH is 1. The number of rotatable bonds is 6. The van der Waals surface area contributed by atoms with Crippen LogP contribution in [0.4, 0.5) is 0 Å². The molecule has 0 aromatic heterocycles. The van der Waals surface area contributed by atoms with Gasteiger partial charge < -0.3 is 14.9 Å². The minimum atomic E-state index is 0.200. The van der Waals surface area contributed by atoms with Gasteiger partial charge in [0.1, 0.15) is 0 Å². The van der Waals surface area contributed by atoms with Crippen LogP contribution in [-0.4, -0.2) is 61.3 Å². The molecule has 0 amide bonds. The molecule has 0 atom stereocenters. The van der Waals surface area contributed by atoms with E-state index in [1.807, 2.05) is 0 Å². The zero-order valence-electron chi connectivity index (χ0n) is 12.4. The summed E-state index contributed by atoms with van der Waals surface area (Å²) in [5.41, 5.74) is 0.607. The summed E-state index contributed by atoms with van der Waals surface area (Å²) in [6, 6.07) is 0. The second-order valence-electron chi connectivity index (χ2n) is 7.01. The van der Waals surface area contributed by atoms with Crippen molar-refractivity contribution in [3.8, 4) is 0 Å². The maximum absolute atomic E-state index is 9.71. The summed E-state index contributed by atoms with van der Waals surface area (Å²) in [5.74, 6) is 0. The molecule has 0 heterocycles. The average molecular weight is 254 g/mol. The third-order valence-electron chi connectivity index (χ3n) is 5.40. The van der Waals surface area contributed by atoms with E-state index in [1.54, 1.807) is 0 Å². The van der Waals surface area contributed by atoms with Gasteiger partial charge in [0.25, 0.3) is 0 Å². The van der Waals surface area contributed by atoms with Gasteiger partial charge in [-0.25, -0.2) is 0 Å². The van der Waals surface area contributed by atoms with Crippen LogP contribution in [-0.2, 0) is 0 Å². The molecular formula is C15H30N2O. The van der Waals surface area contributed by atoms with E-state index in [0.29, 0.717) is 12.1 Å². The van der Waals surface area contributed by atoms with E-state index in [-0.39, 0.29) is 5.41 Å². The predicted molar refractivity (Wildman–Crippen MR) is 75.8 cm³/mol. The van der Waals surface area contributed by atoms with Crippen molar-refractivity contribution in [1.82, 2.24) is 9.80 Å².